The van der Waals surface area contributed by atoms with Crippen LogP contribution in [-0.4, -0.2) is 22.5 Å². The Kier molecular flexibility index (Phi) is 4.39. The summed E-state index contributed by atoms with van der Waals surface area (Å²) in [5, 5.41) is 5.19. The Bertz CT molecular complexity index is 530. The summed E-state index contributed by atoms with van der Waals surface area (Å²) in [5.41, 5.74) is 1.04. The van der Waals surface area contributed by atoms with Crippen molar-refractivity contribution >= 4 is 11.8 Å². The topological polar surface area (TPSA) is 66.9 Å². The molecule has 0 aromatic carbocycles. The highest BCUT2D eigenvalue weighted by Crippen LogP contribution is 2.03. The van der Waals surface area contributed by atoms with Crippen LogP contribution in [0.1, 0.15) is 5.56 Å². The Morgan fingerprint density at radius 2 is 2.16 bits per heavy atom. The fraction of sp³-hybridized carbons (Fsp3) is 0.154. The van der Waals surface area contributed by atoms with Crippen LogP contribution in [0.3, 0.4) is 0 Å². The lowest BCUT2D eigenvalue weighted by Crippen LogP contribution is -2.30. The first-order valence-corrected chi connectivity index (χ1v) is 5.79. The van der Waals surface area contributed by atoms with Crippen molar-refractivity contribution in [2.24, 2.45) is 0 Å². The number of nitrogens with zero attached hydrogens (tertiary/aromatic N) is 2. The van der Waals surface area contributed by atoms with Crippen LogP contribution in [0.25, 0.3) is 0 Å². The Balaban J connectivity index is 1.74. The molecule has 0 unspecified atom stereocenters. The van der Waals surface area contributed by atoms with Crippen molar-refractivity contribution in [1.82, 2.24) is 15.3 Å². The Morgan fingerprint density at radius 3 is 2.84 bits per heavy atom. The fourth-order valence-corrected chi connectivity index (χ4v) is 1.48. The largest absolute Gasteiger partial charge is 0.337 e. The van der Waals surface area contributed by atoms with Crippen LogP contribution in [0, 0.1) is 5.82 Å². The summed E-state index contributed by atoms with van der Waals surface area (Å²) < 4.78 is 12.6. The molecule has 0 fully saturated rings. The number of nitrogens with one attached hydrogen (secondary N) is 2. The van der Waals surface area contributed by atoms with E-state index in [4.69, 9.17) is 0 Å². The van der Waals surface area contributed by atoms with Gasteiger partial charge in [-0.2, -0.15) is 0 Å². The van der Waals surface area contributed by atoms with Crippen molar-refractivity contribution in [2.45, 2.75) is 6.42 Å². The van der Waals surface area contributed by atoms with Gasteiger partial charge in [-0.25, -0.2) is 14.2 Å². The molecule has 6 heteroatoms. The van der Waals surface area contributed by atoms with Gasteiger partial charge in [0, 0.05) is 18.9 Å². The van der Waals surface area contributed by atoms with Crippen molar-refractivity contribution in [1.29, 1.82) is 0 Å². The molecule has 0 aliphatic heterocycles. The van der Waals surface area contributed by atoms with Gasteiger partial charge in [-0.05, 0) is 30.2 Å². The van der Waals surface area contributed by atoms with Crippen LogP contribution in [0.4, 0.5) is 15.0 Å². The van der Waals surface area contributed by atoms with Crippen LogP contribution < -0.4 is 10.6 Å². The van der Waals surface area contributed by atoms with E-state index in [1.54, 1.807) is 12.4 Å². The molecule has 0 saturated heterocycles. The zero-order chi connectivity index (χ0) is 13.5. The monoisotopic (exact) mass is 260 g/mol. The minimum atomic E-state index is -0.442. The second-order valence-electron chi connectivity index (χ2n) is 3.85. The maximum Gasteiger partial charge on any atom is 0.320 e. The standard InChI is InChI=1S/C13H13FN4O/c14-11-3-4-12(17-9-11)18-13(19)16-7-5-10-2-1-6-15-8-10/h1-4,6,8-9H,5,7H2,(H2,16,17,18,19). The highest BCUT2D eigenvalue weighted by molar-refractivity contribution is 5.88. The van der Waals surface area contributed by atoms with Gasteiger partial charge in [-0.3, -0.25) is 10.3 Å². The molecular weight excluding hydrogens is 247 g/mol. The molecule has 2 N–H and O–H groups in total. The quantitative estimate of drug-likeness (QED) is 0.883. The smallest absolute Gasteiger partial charge is 0.320 e. The van der Waals surface area contributed by atoms with Crippen LogP contribution >= 0.6 is 0 Å². The molecule has 0 aliphatic carbocycles. The van der Waals surface area contributed by atoms with E-state index < -0.39 is 5.82 Å². The number of carbonyl (C=O) groups is 1. The first kappa shape index (κ1) is 12.9. The number of urea groups is 1. The first-order valence-electron chi connectivity index (χ1n) is 5.79. The Labute approximate surface area is 109 Å². The number of rotatable bonds is 4. The molecule has 19 heavy (non-hydrogen) atoms. The van der Waals surface area contributed by atoms with E-state index in [9.17, 15) is 9.18 Å². The van der Waals surface area contributed by atoms with Crippen LogP contribution in [0.2, 0.25) is 0 Å². The van der Waals surface area contributed by atoms with E-state index in [-0.39, 0.29) is 6.03 Å². The molecule has 0 bridgehead atoms. The summed E-state index contributed by atoms with van der Waals surface area (Å²) in [5.74, 6) is -0.136. The molecule has 0 spiro atoms. The number of halogens is 1. The molecule has 5 nitrogen and oxygen atoms in total. The number of hydrogen-bond acceptors (Lipinski definition) is 3. The van der Waals surface area contributed by atoms with Gasteiger partial charge in [0.15, 0.2) is 0 Å². The Morgan fingerprint density at radius 1 is 1.26 bits per heavy atom. The molecule has 2 aromatic heterocycles. The molecule has 0 aliphatic rings. The zero-order valence-electron chi connectivity index (χ0n) is 10.1. The van der Waals surface area contributed by atoms with Crippen molar-refractivity contribution in [3.63, 3.8) is 0 Å². The lowest BCUT2D eigenvalue weighted by atomic mass is 10.2. The SMILES string of the molecule is O=C(NCCc1cccnc1)Nc1ccc(F)cn1. The van der Waals surface area contributed by atoms with E-state index in [1.807, 2.05) is 12.1 Å². The second-order valence-corrected chi connectivity index (χ2v) is 3.85. The molecule has 98 valence electrons. The van der Waals surface area contributed by atoms with E-state index in [0.717, 1.165) is 11.8 Å². The van der Waals surface area contributed by atoms with Crippen molar-refractivity contribution in [3.8, 4) is 0 Å². The minimum Gasteiger partial charge on any atom is -0.337 e. The molecule has 0 atom stereocenters. The van der Waals surface area contributed by atoms with E-state index in [2.05, 4.69) is 20.6 Å². The first-order chi connectivity index (χ1) is 9.24. The van der Waals surface area contributed by atoms with E-state index in [0.29, 0.717) is 18.8 Å². The van der Waals surface area contributed by atoms with Gasteiger partial charge in [0.05, 0.1) is 6.20 Å². The summed E-state index contributed by atoms with van der Waals surface area (Å²) in [6, 6.07) is 6.04. The van der Waals surface area contributed by atoms with Gasteiger partial charge >= 0.3 is 6.03 Å². The van der Waals surface area contributed by atoms with Gasteiger partial charge in [-0.1, -0.05) is 6.07 Å². The number of hydrogen-bond donors (Lipinski definition) is 2. The molecule has 2 amide bonds. The third kappa shape index (κ3) is 4.34. The van der Waals surface area contributed by atoms with E-state index >= 15 is 0 Å². The summed E-state index contributed by atoms with van der Waals surface area (Å²) in [7, 11) is 0. The summed E-state index contributed by atoms with van der Waals surface area (Å²) >= 11 is 0. The molecular formula is C13H13FN4O. The highest BCUT2D eigenvalue weighted by Gasteiger charge is 2.02. The second kappa shape index (κ2) is 6.44. The van der Waals surface area contributed by atoms with Crippen LogP contribution in [0.5, 0.6) is 0 Å². The predicted octanol–water partition coefficient (Wildman–Crippen LogP) is 1.98. The average molecular weight is 260 g/mol. The Hall–Kier alpha value is -2.50. The van der Waals surface area contributed by atoms with Gasteiger partial charge in [0.25, 0.3) is 0 Å². The number of pyridine rings is 2. The summed E-state index contributed by atoms with van der Waals surface area (Å²) in [4.78, 5) is 19.2. The molecule has 0 saturated carbocycles. The molecule has 0 radical (unpaired) electrons. The molecule has 2 heterocycles. The fourth-order valence-electron chi connectivity index (χ4n) is 1.48. The third-order valence-corrected chi connectivity index (χ3v) is 2.39. The maximum atomic E-state index is 12.6. The lowest BCUT2D eigenvalue weighted by Gasteiger charge is -2.06. The van der Waals surface area contributed by atoms with Crippen molar-refractivity contribution in [3.05, 3.63) is 54.2 Å². The number of aromatic nitrogens is 2. The van der Waals surface area contributed by atoms with Gasteiger partial charge < -0.3 is 5.32 Å². The minimum absolute atomic E-state index is 0.306. The molecule has 2 rings (SSSR count). The van der Waals surface area contributed by atoms with Crippen LogP contribution in [0.15, 0.2) is 42.9 Å². The van der Waals surface area contributed by atoms with E-state index in [1.165, 1.54) is 12.1 Å². The lowest BCUT2D eigenvalue weighted by molar-refractivity contribution is 0.252. The van der Waals surface area contributed by atoms with Crippen molar-refractivity contribution < 1.29 is 9.18 Å². The third-order valence-electron chi connectivity index (χ3n) is 2.39. The van der Waals surface area contributed by atoms with Gasteiger partial charge in [0.2, 0.25) is 0 Å². The highest BCUT2D eigenvalue weighted by atomic mass is 19.1. The summed E-state index contributed by atoms with van der Waals surface area (Å²) in [6.45, 7) is 0.485. The number of amides is 2. The normalized spacial score (nSPS) is 9.95. The summed E-state index contributed by atoms with van der Waals surface area (Å²) in [6.07, 6.45) is 5.19. The van der Waals surface area contributed by atoms with Crippen LogP contribution in [-0.2, 0) is 6.42 Å². The van der Waals surface area contributed by atoms with Gasteiger partial charge in [-0.15, -0.1) is 0 Å². The number of carbonyl (C=O) groups excluding carboxylic acids is 1. The maximum absolute atomic E-state index is 12.6. The van der Waals surface area contributed by atoms with Gasteiger partial charge in [0.1, 0.15) is 11.6 Å². The predicted molar refractivity (Wildman–Crippen MR) is 69.2 cm³/mol. The molecule has 2 aromatic rings. The average Bonchev–Trinajstić information content (AvgIpc) is 2.43. The van der Waals surface area contributed by atoms with Crippen molar-refractivity contribution in [2.75, 3.05) is 11.9 Å². The number of anilines is 1. The zero-order valence-corrected chi connectivity index (χ0v) is 10.1.